The number of benzene rings is 2. The minimum absolute atomic E-state index is 0.00850. The van der Waals surface area contributed by atoms with Crippen LogP contribution in [0.25, 0.3) is 0 Å². The number of carbonyl (C=O) groups excluding carboxylic acids is 1. The molecule has 0 fully saturated rings. The van der Waals surface area contributed by atoms with Crippen LogP contribution in [0.5, 0.6) is 11.5 Å². The fourth-order valence-electron chi connectivity index (χ4n) is 1.96. The molecule has 0 heterocycles. The van der Waals surface area contributed by atoms with Gasteiger partial charge in [0, 0.05) is 6.42 Å². The van der Waals surface area contributed by atoms with Crippen molar-refractivity contribution in [2.24, 2.45) is 0 Å². The van der Waals surface area contributed by atoms with Gasteiger partial charge >= 0.3 is 0 Å². The molecule has 0 unspecified atom stereocenters. The number of ketones is 1. The molecule has 2 aromatic carbocycles. The van der Waals surface area contributed by atoms with E-state index in [1.807, 2.05) is 0 Å². The number of ether oxygens (including phenoxy) is 2. The average Bonchev–Trinajstić information content (AvgIpc) is 2.47. The smallest absolute Gasteiger partial charge is 0.173 e. The molecule has 0 aliphatic rings. The van der Waals surface area contributed by atoms with Crippen molar-refractivity contribution in [2.75, 3.05) is 14.2 Å². The number of Topliss-reactive ketones (excluding diaryl/α,β-unsaturated/α-hetero) is 1. The summed E-state index contributed by atoms with van der Waals surface area (Å²) < 4.78 is 23.9. The molecule has 0 aromatic heterocycles. The lowest BCUT2D eigenvalue weighted by Gasteiger charge is -2.09. The van der Waals surface area contributed by atoms with Crippen LogP contribution in [0.2, 0.25) is 0 Å². The lowest BCUT2D eigenvalue weighted by atomic mass is 10.0. The fourth-order valence-corrected chi connectivity index (χ4v) is 1.96. The van der Waals surface area contributed by atoms with Crippen LogP contribution in [0, 0.1) is 5.82 Å². The van der Waals surface area contributed by atoms with Gasteiger partial charge in [0.15, 0.2) is 5.78 Å². The standard InChI is InChI=1S/C16H15FO3/c1-19-12-8-6-11(7-9-12)10-14(18)16-13(17)4-3-5-15(16)20-2/h3-9H,10H2,1-2H3. The Balaban J connectivity index is 2.23. The Morgan fingerprint density at radius 3 is 2.35 bits per heavy atom. The zero-order valence-corrected chi connectivity index (χ0v) is 11.4. The number of halogens is 1. The SMILES string of the molecule is COc1ccc(CC(=O)c2c(F)cccc2OC)cc1. The van der Waals surface area contributed by atoms with E-state index in [9.17, 15) is 9.18 Å². The first-order valence-corrected chi connectivity index (χ1v) is 6.14. The van der Waals surface area contributed by atoms with Gasteiger partial charge < -0.3 is 9.47 Å². The molecule has 0 saturated heterocycles. The number of methoxy groups -OCH3 is 2. The molecule has 2 rings (SSSR count). The molecule has 0 amide bonds. The largest absolute Gasteiger partial charge is 0.497 e. The highest BCUT2D eigenvalue weighted by molar-refractivity contribution is 6.00. The van der Waals surface area contributed by atoms with Crippen molar-refractivity contribution < 1.29 is 18.7 Å². The molecule has 0 radical (unpaired) electrons. The third-order valence-electron chi connectivity index (χ3n) is 3.00. The minimum atomic E-state index is -0.567. The summed E-state index contributed by atoms with van der Waals surface area (Å²) in [6.45, 7) is 0. The Labute approximate surface area is 117 Å². The number of carbonyl (C=O) groups is 1. The van der Waals surface area contributed by atoms with Gasteiger partial charge in [-0.25, -0.2) is 4.39 Å². The highest BCUT2D eigenvalue weighted by Crippen LogP contribution is 2.23. The molecular weight excluding hydrogens is 259 g/mol. The second-order valence-electron chi connectivity index (χ2n) is 4.27. The van der Waals surface area contributed by atoms with Crippen molar-refractivity contribution in [3.8, 4) is 11.5 Å². The molecule has 20 heavy (non-hydrogen) atoms. The van der Waals surface area contributed by atoms with Gasteiger partial charge in [-0.3, -0.25) is 4.79 Å². The van der Waals surface area contributed by atoms with Crippen LogP contribution in [0.15, 0.2) is 42.5 Å². The van der Waals surface area contributed by atoms with Gasteiger partial charge in [0.2, 0.25) is 0 Å². The summed E-state index contributed by atoms with van der Waals surface area (Å²) in [5.41, 5.74) is 0.784. The first-order valence-electron chi connectivity index (χ1n) is 6.14. The molecule has 0 spiro atoms. The number of hydrogen-bond donors (Lipinski definition) is 0. The normalized spacial score (nSPS) is 10.2. The van der Waals surface area contributed by atoms with Crippen molar-refractivity contribution in [3.05, 3.63) is 59.4 Å². The maximum atomic E-state index is 13.8. The Morgan fingerprint density at radius 2 is 1.75 bits per heavy atom. The van der Waals surface area contributed by atoms with Crippen LogP contribution < -0.4 is 9.47 Å². The molecule has 3 nitrogen and oxygen atoms in total. The van der Waals surface area contributed by atoms with Gasteiger partial charge in [-0.15, -0.1) is 0 Å². The third kappa shape index (κ3) is 2.96. The second-order valence-corrected chi connectivity index (χ2v) is 4.27. The van der Waals surface area contributed by atoms with Gasteiger partial charge in [0.25, 0.3) is 0 Å². The summed E-state index contributed by atoms with van der Waals surface area (Å²) >= 11 is 0. The molecule has 0 bridgehead atoms. The van der Waals surface area contributed by atoms with E-state index in [0.717, 1.165) is 5.56 Å². The lowest BCUT2D eigenvalue weighted by Crippen LogP contribution is -2.08. The predicted octanol–water partition coefficient (Wildman–Crippen LogP) is 3.27. The van der Waals surface area contributed by atoms with E-state index in [-0.39, 0.29) is 23.5 Å². The average molecular weight is 274 g/mol. The minimum Gasteiger partial charge on any atom is -0.497 e. The van der Waals surface area contributed by atoms with Gasteiger partial charge in [-0.05, 0) is 29.8 Å². The monoisotopic (exact) mass is 274 g/mol. The third-order valence-corrected chi connectivity index (χ3v) is 3.00. The van der Waals surface area contributed by atoms with Crippen LogP contribution in [0.4, 0.5) is 4.39 Å². The zero-order valence-electron chi connectivity index (χ0n) is 11.4. The molecule has 0 aliphatic carbocycles. The van der Waals surface area contributed by atoms with Crippen molar-refractivity contribution in [3.63, 3.8) is 0 Å². The summed E-state index contributed by atoms with van der Waals surface area (Å²) in [5.74, 6) is 0.0844. The van der Waals surface area contributed by atoms with E-state index in [1.54, 1.807) is 37.4 Å². The maximum absolute atomic E-state index is 13.8. The topological polar surface area (TPSA) is 35.5 Å². The van der Waals surface area contributed by atoms with Gasteiger partial charge in [0.05, 0.1) is 19.8 Å². The summed E-state index contributed by atoms with van der Waals surface area (Å²) in [4.78, 5) is 12.2. The van der Waals surface area contributed by atoms with Gasteiger partial charge in [-0.2, -0.15) is 0 Å². The molecule has 0 saturated carbocycles. The summed E-state index contributed by atoms with van der Waals surface area (Å²) in [6, 6.07) is 11.4. The highest BCUT2D eigenvalue weighted by atomic mass is 19.1. The van der Waals surface area contributed by atoms with Gasteiger partial charge in [0.1, 0.15) is 17.3 Å². The quantitative estimate of drug-likeness (QED) is 0.785. The predicted molar refractivity (Wildman–Crippen MR) is 74.0 cm³/mol. The van der Waals surface area contributed by atoms with E-state index in [2.05, 4.69) is 0 Å². The molecule has 4 heteroatoms. The van der Waals surface area contributed by atoms with Crippen LogP contribution in [-0.2, 0) is 6.42 Å². The van der Waals surface area contributed by atoms with Crippen molar-refractivity contribution in [1.82, 2.24) is 0 Å². The summed E-state index contributed by atoms with van der Waals surface area (Å²) in [6.07, 6.45) is 0.112. The van der Waals surface area contributed by atoms with Crippen LogP contribution >= 0.6 is 0 Å². The van der Waals surface area contributed by atoms with Crippen LogP contribution in [0.3, 0.4) is 0 Å². The Morgan fingerprint density at radius 1 is 1.05 bits per heavy atom. The lowest BCUT2D eigenvalue weighted by molar-refractivity contribution is 0.0986. The Hall–Kier alpha value is -2.36. The fraction of sp³-hybridized carbons (Fsp3) is 0.188. The molecule has 0 atom stereocenters. The van der Waals surface area contributed by atoms with Crippen molar-refractivity contribution in [1.29, 1.82) is 0 Å². The second kappa shape index (κ2) is 6.19. The summed E-state index contributed by atoms with van der Waals surface area (Å²) in [7, 11) is 2.99. The Bertz CT molecular complexity index is 606. The molecular formula is C16H15FO3. The maximum Gasteiger partial charge on any atom is 0.173 e. The first-order chi connectivity index (χ1) is 9.65. The molecule has 0 N–H and O–H groups in total. The van der Waals surface area contributed by atoms with Crippen LogP contribution in [-0.4, -0.2) is 20.0 Å². The van der Waals surface area contributed by atoms with E-state index < -0.39 is 5.82 Å². The highest BCUT2D eigenvalue weighted by Gasteiger charge is 2.17. The molecule has 104 valence electrons. The van der Waals surface area contributed by atoms with E-state index in [1.165, 1.54) is 19.2 Å². The van der Waals surface area contributed by atoms with Crippen molar-refractivity contribution in [2.45, 2.75) is 6.42 Å². The van der Waals surface area contributed by atoms with Crippen molar-refractivity contribution >= 4 is 5.78 Å². The van der Waals surface area contributed by atoms with E-state index in [4.69, 9.17) is 9.47 Å². The molecule has 0 aliphatic heterocycles. The zero-order chi connectivity index (χ0) is 14.5. The van der Waals surface area contributed by atoms with Gasteiger partial charge in [-0.1, -0.05) is 18.2 Å². The number of rotatable bonds is 5. The van der Waals surface area contributed by atoms with E-state index >= 15 is 0 Å². The summed E-state index contributed by atoms with van der Waals surface area (Å²) in [5, 5.41) is 0. The number of hydrogen-bond acceptors (Lipinski definition) is 3. The molecule has 2 aromatic rings. The van der Waals surface area contributed by atoms with Crippen LogP contribution in [0.1, 0.15) is 15.9 Å². The Kier molecular flexibility index (Phi) is 4.35. The first kappa shape index (κ1) is 14.1. The van der Waals surface area contributed by atoms with E-state index in [0.29, 0.717) is 5.75 Å².